The van der Waals surface area contributed by atoms with Crippen molar-refractivity contribution in [2.24, 2.45) is 0 Å². The Labute approximate surface area is 185 Å². The van der Waals surface area contributed by atoms with Crippen LogP contribution in [0.4, 0.5) is 5.69 Å². The van der Waals surface area contributed by atoms with E-state index in [0.717, 1.165) is 11.3 Å². The second-order valence-corrected chi connectivity index (χ2v) is 7.82. The van der Waals surface area contributed by atoms with Crippen LogP contribution in [-0.2, 0) is 17.0 Å². The molecule has 2 N–H and O–H groups in total. The molecule has 0 fully saturated rings. The molecule has 0 saturated heterocycles. The van der Waals surface area contributed by atoms with Gasteiger partial charge in [0.15, 0.2) is 5.16 Å². The van der Waals surface area contributed by atoms with Crippen LogP contribution in [0.15, 0.2) is 58.5 Å². The highest BCUT2D eigenvalue weighted by molar-refractivity contribution is 7.98. The van der Waals surface area contributed by atoms with E-state index in [1.54, 1.807) is 39.3 Å². The van der Waals surface area contributed by atoms with Gasteiger partial charge in [-0.15, -0.1) is 0 Å². The maximum atomic E-state index is 12.5. The first kappa shape index (κ1) is 22.4. The number of hydrogen-bond acceptors (Lipinski definition) is 6. The molecule has 8 heteroatoms. The zero-order chi connectivity index (χ0) is 22.2. The molecule has 1 aromatic heterocycles. The quantitative estimate of drug-likeness (QED) is 0.387. The second-order valence-electron chi connectivity index (χ2n) is 6.86. The molecule has 0 saturated carbocycles. The lowest BCUT2D eigenvalue weighted by atomic mass is 10.1. The van der Waals surface area contributed by atoms with Gasteiger partial charge in [0.05, 0.1) is 14.2 Å². The smallest absolute Gasteiger partial charge is 0.254 e. The van der Waals surface area contributed by atoms with Gasteiger partial charge < -0.3 is 19.8 Å². The molecule has 0 aliphatic rings. The van der Waals surface area contributed by atoms with Crippen molar-refractivity contribution in [3.8, 4) is 11.5 Å². The SMILES string of the molecule is COc1cc(NC(=O)CCc2c(C)nc(SCc3ccccc3)[nH]c2=O)cc(OC)c1. The number of ether oxygens (including phenoxy) is 2. The predicted octanol–water partition coefficient (Wildman–Crippen LogP) is 3.96. The second kappa shape index (κ2) is 10.7. The lowest BCUT2D eigenvalue weighted by Crippen LogP contribution is -2.20. The molecule has 0 spiro atoms. The summed E-state index contributed by atoms with van der Waals surface area (Å²) in [7, 11) is 3.09. The Balaban J connectivity index is 1.61. The maximum Gasteiger partial charge on any atom is 0.254 e. The van der Waals surface area contributed by atoms with Crippen LogP contribution in [0.5, 0.6) is 11.5 Å². The van der Waals surface area contributed by atoms with Crippen LogP contribution >= 0.6 is 11.8 Å². The normalized spacial score (nSPS) is 10.5. The fraction of sp³-hybridized carbons (Fsp3) is 0.261. The summed E-state index contributed by atoms with van der Waals surface area (Å²) in [6.45, 7) is 1.79. The van der Waals surface area contributed by atoms with Gasteiger partial charge in [0.25, 0.3) is 5.56 Å². The van der Waals surface area contributed by atoms with Crippen molar-refractivity contribution >= 4 is 23.4 Å². The van der Waals surface area contributed by atoms with Gasteiger partial charge in [-0.1, -0.05) is 42.1 Å². The van der Waals surface area contributed by atoms with E-state index in [1.807, 2.05) is 30.3 Å². The van der Waals surface area contributed by atoms with E-state index in [-0.39, 0.29) is 17.9 Å². The minimum Gasteiger partial charge on any atom is -0.497 e. The number of carbonyl (C=O) groups is 1. The van der Waals surface area contributed by atoms with Crippen molar-refractivity contribution in [3.05, 3.63) is 75.7 Å². The summed E-state index contributed by atoms with van der Waals surface area (Å²) < 4.78 is 10.4. The van der Waals surface area contributed by atoms with E-state index in [4.69, 9.17) is 9.47 Å². The average molecular weight is 440 g/mol. The molecule has 0 radical (unpaired) electrons. The molecule has 0 atom stereocenters. The van der Waals surface area contributed by atoms with Crippen LogP contribution in [0.2, 0.25) is 0 Å². The van der Waals surface area contributed by atoms with Crippen LogP contribution in [0.1, 0.15) is 23.2 Å². The van der Waals surface area contributed by atoms with Crippen LogP contribution in [0.3, 0.4) is 0 Å². The summed E-state index contributed by atoms with van der Waals surface area (Å²) in [6, 6.07) is 15.1. The summed E-state index contributed by atoms with van der Waals surface area (Å²) in [5.41, 5.74) is 2.66. The Morgan fingerprint density at radius 1 is 1.10 bits per heavy atom. The Bertz CT molecular complexity index is 1080. The number of aryl methyl sites for hydroxylation is 1. The first-order chi connectivity index (χ1) is 15.0. The molecule has 162 valence electrons. The van der Waals surface area contributed by atoms with Gasteiger partial charge in [0.1, 0.15) is 11.5 Å². The number of methoxy groups -OCH3 is 2. The van der Waals surface area contributed by atoms with Crippen molar-refractivity contribution in [1.29, 1.82) is 0 Å². The topological polar surface area (TPSA) is 93.3 Å². The van der Waals surface area contributed by atoms with Gasteiger partial charge in [-0.3, -0.25) is 9.59 Å². The molecule has 2 aromatic carbocycles. The zero-order valence-electron chi connectivity index (χ0n) is 17.7. The lowest BCUT2D eigenvalue weighted by Gasteiger charge is -2.10. The van der Waals surface area contributed by atoms with E-state index in [0.29, 0.717) is 40.0 Å². The van der Waals surface area contributed by atoms with Crippen molar-refractivity contribution in [2.45, 2.75) is 30.7 Å². The predicted molar refractivity (Wildman–Crippen MR) is 122 cm³/mol. The average Bonchev–Trinajstić information content (AvgIpc) is 2.77. The number of rotatable bonds is 9. The maximum absolute atomic E-state index is 12.5. The molecular formula is C23H25N3O4S. The molecule has 3 rings (SSSR count). The third-order valence-electron chi connectivity index (χ3n) is 4.66. The number of aromatic amines is 1. The van der Waals surface area contributed by atoms with E-state index < -0.39 is 0 Å². The van der Waals surface area contributed by atoms with Gasteiger partial charge in [-0.05, 0) is 18.9 Å². The van der Waals surface area contributed by atoms with Gasteiger partial charge >= 0.3 is 0 Å². The first-order valence-corrected chi connectivity index (χ1v) is 10.8. The van der Waals surface area contributed by atoms with Crippen LogP contribution < -0.4 is 20.3 Å². The number of nitrogens with zero attached hydrogens (tertiary/aromatic N) is 1. The standard InChI is InChI=1S/C23H25N3O4S/c1-15-20(22(28)26-23(24-15)31-14-16-7-5-4-6-8-16)9-10-21(27)25-17-11-18(29-2)13-19(12-17)30-3/h4-8,11-13H,9-10,14H2,1-3H3,(H,25,27)(H,24,26,28). The van der Waals surface area contributed by atoms with E-state index in [1.165, 1.54) is 11.8 Å². The minimum absolute atomic E-state index is 0.154. The highest BCUT2D eigenvalue weighted by atomic mass is 32.2. The molecule has 3 aromatic rings. The highest BCUT2D eigenvalue weighted by Crippen LogP contribution is 2.26. The number of hydrogen-bond donors (Lipinski definition) is 2. The molecule has 1 amide bonds. The van der Waals surface area contributed by atoms with E-state index in [9.17, 15) is 9.59 Å². The summed E-state index contributed by atoms with van der Waals surface area (Å²) >= 11 is 1.47. The first-order valence-electron chi connectivity index (χ1n) is 9.78. The summed E-state index contributed by atoms with van der Waals surface area (Å²) in [5, 5.41) is 3.39. The molecule has 7 nitrogen and oxygen atoms in total. The Morgan fingerprint density at radius 2 is 1.77 bits per heavy atom. The van der Waals surface area contributed by atoms with E-state index >= 15 is 0 Å². The van der Waals surface area contributed by atoms with Crippen LogP contribution in [-0.4, -0.2) is 30.1 Å². The Hall–Kier alpha value is -3.26. The number of anilines is 1. The van der Waals surface area contributed by atoms with Crippen molar-refractivity contribution in [3.63, 3.8) is 0 Å². The number of H-pyrrole nitrogens is 1. The Kier molecular flexibility index (Phi) is 7.72. The largest absolute Gasteiger partial charge is 0.497 e. The zero-order valence-corrected chi connectivity index (χ0v) is 18.5. The fourth-order valence-corrected chi connectivity index (χ4v) is 3.88. The molecule has 0 bridgehead atoms. The monoisotopic (exact) mass is 439 g/mol. The number of benzene rings is 2. The van der Waals surface area contributed by atoms with Crippen molar-refractivity contribution in [1.82, 2.24) is 9.97 Å². The van der Waals surface area contributed by atoms with Gasteiger partial charge in [-0.25, -0.2) is 4.98 Å². The summed E-state index contributed by atoms with van der Waals surface area (Å²) in [4.78, 5) is 32.3. The molecule has 0 aliphatic carbocycles. The van der Waals surface area contributed by atoms with E-state index in [2.05, 4.69) is 15.3 Å². The number of amides is 1. The minimum atomic E-state index is -0.211. The van der Waals surface area contributed by atoms with Crippen LogP contribution in [0.25, 0.3) is 0 Å². The molecule has 1 heterocycles. The molecule has 0 unspecified atom stereocenters. The summed E-state index contributed by atoms with van der Waals surface area (Å²) in [5.74, 6) is 1.66. The number of carbonyl (C=O) groups excluding carboxylic acids is 1. The third-order valence-corrected chi connectivity index (χ3v) is 5.60. The van der Waals surface area contributed by atoms with Gasteiger partial charge in [0.2, 0.25) is 5.91 Å². The number of aromatic nitrogens is 2. The highest BCUT2D eigenvalue weighted by Gasteiger charge is 2.12. The number of nitrogens with one attached hydrogen (secondary N) is 2. The van der Waals surface area contributed by atoms with Gasteiger partial charge in [-0.2, -0.15) is 0 Å². The molecule has 31 heavy (non-hydrogen) atoms. The molecule has 0 aliphatic heterocycles. The lowest BCUT2D eigenvalue weighted by molar-refractivity contribution is -0.116. The van der Waals surface area contributed by atoms with Crippen molar-refractivity contribution in [2.75, 3.05) is 19.5 Å². The summed E-state index contributed by atoms with van der Waals surface area (Å²) in [6.07, 6.45) is 0.451. The molecular weight excluding hydrogens is 414 g/mol. The third kappa shape index (κ3) is 6.36. The van der Waals surface area contributed by atoms with Crippen molar-refractivity contribution < 1.29 is 14.3 Å². The van der Waals surface area contributed by atoms with Crippen LogP contribution in [0, 0.1) is 6.92 Å². The Morgan fingerprint density at radius 3 is 2.39 bits per heavy atom. The fourth-order valence-electron chi connectivity index (χ4n) is 3.01. The van der Waals surface area contributed by atoms with Gasteiger partial charge in [0, 0.05) is 47.3 Å². The number of thioether (sulfide) groups is 1.